The first-order valence-electron chi connectivity index (χ1n) is 7.69. The Balaban J connectivity index is 1.92. The van der Waals surface area contributed by atoms with E-state index in [2.05, 4.69) is 4.90 Å². The Kier molecular flexibility index (Phi) is 5.81. The Hall–Kier alpha value is -0.650. The first-order valence-corrected chi connectivity index (χ1v) is 7.69. The van der Waals surface area contributed by atoms with E-state index in [9.17, 15) is 9.90 Å². The van der Waals surface area contributed by atoms with Crippen molar-refractivity contribution in [2.75, 3.05) is 46.6 Å². The molecule has 0 radical (unpaired) electrons. The lowest BCUT2D eigenvalue weighted by molar-refractivity contribution is -0.154. The van der Waals surface area contributed by atoms with Gasteiger partial charge in [-0.15, -0.1) is 0 Å². The van der Waals surface area contributed by atoms with E-state index in [-0.39, 0.29) is 0 Å². The van der Waals surface area contributed by atoms with Gasteiger partial charge < -0.3 is 19.5 Å². The maximum Gasteiger partial charge on any atom is 0.311 e. The largest absolute Gasteiger partial charge is 0.481 e. The molecule has 1 atom stereocenters. The molecule has 0 aromatic carbocycles. The van der Waals surface area contributed by atoms with Crippen LogP contribution >= 0.6 is 0 Å². The van der Waals surface area contributed by atoms with Crippen LogP contribution in [0.3, 0.4) is 0 Å². The number of hydrogen-bond acceptors (Lipinski definition) is 4. The number of carbonyl (C=O) groups is 1. The van der Waals surface area contributed by atoms with Crippen LogP contribution in [-0.4, -0.2) is 62.5 Å². The van der Waals surface area contributed by atoms with Crippen LogP contribution in [-0.2, 0) is 14.3 Å². The van der Waals surface area contributed by atoms with Crippen molar-refractivity contribution in [3.05, 3.63) is 0 Å². The van der Waals surface area contributed by atoms with Crippen molar-refractivity contribution in [2.45, 2.75) is 32.1 Å². The summed E-state index contributed by atoms with van der Waals surface area (Å²) >= 11 is 0. The molecule has 0 spiro atoms. The SMILES string of the molecule is COCC[C@]1(C(=O)O)CCCN(CC2CCOCC2)C1. The van der Waals surface area contributed by atoms with Crippen molar-refractivity contribution >= 4 is 5.97 Å². The fraction of sp³-hybridized carbons (Fsp3) is 0.933. The summed E-state index contributed by atoms with van der Waals surface area (Å²) in [6.45, 7) is 4.95. The molecule has 0 amide bonds. The second kappa shape index (κ2) is 7.38. The monoisotopic (exact) mass is 285 g/mol. The summed E-state index contributed by atoms with van der Waals surface area (Å²) in [5.74, 6) is 0.00185. The lowest BCUT2D eigenvalue weighted by atomic mass is 9.77. The van der Waals surface area contributed by atoms with Gasteiger partial charge in [-0.2, -0.15) is 0 Å². The van der Waals surface area contributed by atoms with Crippen LogP contribution in [0, 0.1) is 11.3 Å². The molecular formula is C15H27NO4. The molecule has 0 unspecified atom stereocenters. The first kappa shape index (κ1) is 15.7. The molecule has 0 aromatic heterocycles. The molecule has 0 saturated carbocycles. The minimum absolute atomic E-state index is 0.525. The Labute approximate surface area is 121 Å². The van der Waals surface area contributed by atoms with Gasteiger partial charge in [-0.3, -0.25) is 4.79 Å². The lowest BCUT2D eigenvalue weighted by Gasteiger charge is -2.41. The Bertz CT molecular complexity index is 317. The minimum Gasteiger partial charge on any atom is -0.481 e. The van der Waals surface area contributed by atoms with Crippen LogP contribution < -0.4 is 0 Å². The molecule has 2 aliphatic rings. The van der Waals surface area contributed by atoms with E-state index in [1.165, 1.54) is 0 Å². The van der Waals surface area contributed by atoms with E-state index in [0.29, 0.717) is 25.5 Å². The summed E-state index contributed by atoms with van der Waals surface area (Å²) in [5, 5.41) is 9.64. The minimum atomic E-state index is -0.661. The lowest BCUT2D eigenvalue weighted by Crippen LogP contribution is -2.49. The molecular weight excluding hydrogens is 258 g/mol. The zero-order chi connectivity index (χ0) is 14.4. The van der Waals surface area contributed by atoms with E-state index in [4.69, 9.17) is 9.47 Å². The highest BCUT2D eigenvalue weighted by Crippen LogP contribution is 2.34. The third kappa shape index (κ3) is 3.93. The second-order valence-corrected chi connectivity index (χ2v) is 6.22. The number of ether oxygens (including phenoxy) is 2. The van der Waals surface area contributed by atoms with Crippen molar-refractivity contribution in [3.8, 4) is 0 Å². The van der Waals surface area contributed by atoms with Crippen molar-refractivity contribution in [1.82, 2.24) is 4.90 Å². The van der Waals surface area contributed by atoms with E-state index < -0.39 is 11.4 Å². The quantitative estimate of drug-likeness (QED) is 0.803. The molecule has 1 N–H and O–H groups in total. The van der Waals surface area contributed by atoms with Gasteiger partial charge in [0, 0.05) is 40.0 Å². The van der Waals surface area contributed by atoms with Gasteiger partial charge in [0.1, 0.15) is 0 Å². The standard InChI is InChI=1S/C15H27NO4/c1-19-10-6-15(14(17)18)5-2-7-16(12-15)11-13-3-8-20-9-4-13/h13H,2-12H2,1H3,(H,17,18)/t15-/m1/s1. The fourth-order valence-electron chi connectivity index (χ4n) is 3.46. The molecule has 2 rings (SSSR count). The van der Waals surface area contributed by atoms with Crippen molar-refractivity contribution in [1.29, 1.82) is 0 Å². The average Bonchev–Trinajstić information content (AvgIpc) is 2.46. The molecule has 2 aliphatic heterocycles. The zero-order valence-electron chi connectivity index (χ0n) is 12.5. The number of hydrogen-bond donors (Lipinski definition) is 1. The molecule has 20 heavy (non-hydrogen) atoms. The Morgan fingerprint density at radius 1 is 1.45 bits per heavy atom. The van der Waals surface area contributed by atoms with Crippen LogP contribution in [0.4, 0.5) is 0 Å². The van der Waals surface area contributed by atoms with Gasteiger partial charge in [0.25, 0.3) is 0 Å². The highest BCUT2D eigenvalue weighted by atomic mass is 16.5. The smallest absolute Gasteiger partial charge is 0.311 e. The third-order valence-corrected chi connectivity index (χ3v) is 4.75. The van der Waals surface area contributed by atoms with Gasteiger partial charge in [-0.05, 0) is 44.6 Å². The number of likely N-dealkylation sites (tertiary alicyclic amines) is 1. The summed E-state index contributed by atoms with van der Waals surface area (Å²) < 4.78 is 10.5. The summed E-state index contributed by atoms with van der Waals surface area (Å²) in [5.41, 5.74) is -0.612. The predicted molar refractivity (Wildman–Crippen MR) is 75.8 cm³/mol. The third-order valence-electron chi connectivity index (χ3n) is 4.75. The van der Waals surface area contributed by atoms with E-state index in [1.54, 1.807) is 7.11 Å². The number of aliphatic carboxylic acids is 1. The van der Waals surface area contributed by atoms with Gasteiger partial charge in [0.15, 0.2) is 0 Å². The van der Waals surface area contributed by atoms with Crippen LogP contribution in [0.5, 0.6) is 0 Å². The normalized spacial score (nSPS) is 29.4. The molecule has 0 aliphatic carbocycles. The van der Waals surface area contributed by atoms with Crippen molar-refractivity contribution in [3.63, 3.8) is 0 Å². The van der Waals surface area contributed by atoms with Crippen LogP contribution in [0.2, 0.25) is 0 Å². The number of rotatable bonds is 6. The predicted octanol–water partition coefficient (Wildman–Crippen LogP) is 1.62. The zero-order valence-corrected chi connectivity index (χ0v) is 12.5. The molecule has 5 nitrogen and oxygen atoms in total. The topological polar surface area (TPSA) is 59.0 Å². The number of carboxylic acid groups (broad SMARTS) is 1. The Morgan fingerprint density at radius 3 is 2.85 bits per heavy atom. The van der Waals surface area contributed by atoms with Gasteiger partial charge in [0.05, 0.1) is 5.41 Å². The highest BCUT2D eigenvalue weighted by Gasteiger charge is 2.42. The molecule has 2 heterocycles. The first-order chi connectivity index (χ1) is 9.66. The summed E-state index contributed by atoms with van der Waals surface area (Å²) in [6.07, 6.45) is 4.57. The maximum absolute atomic E-state index is 11.7. The maximum atomic E-state index is 11.7. The van der Waals surface area contributed by atoms with Crippen LogP contribution in [0.15, 0.2) is 0 Å². The summed E-state index contributed by atoms with van der Waals surface area (Å²) in [7, 11) is 1.64. The fourth-order valence-corrected chi connectivity index (χ4v) is 3.46. The Morgan fingerprint density at radius 2 is 2.20 bits per heavy atom. The molecule has 2 saturated heterocycles. The summed E-state index contributed by atoms with van der Waals surface area (Å²) in [6, 6.07) is 0. The molecule has 0 aromatic rings. The molecule has 116 valence electrons. The van der Waals surface area contributed by atoms with Crippen molar-refractivity contribution in [2.24, 2.45) is 11.3 Å². The highest BCUT2D eigenvalue weighted by molar-refractivity contribution is 5.75. The average molecular weight is 285 g/mol. The van der Waals surface area contributed by atoms with Crippen LogP contribution in [0.1, 0.15) is 32.1 Å². The van der Waals surface area contributed by atoms with E-state index >= 15 is 0 Å². The van der Waals surface area contributed by atoms with Gasteiger partial charge >= 0.3 is 5.97 Å². The molecule has 2 fully saturated rings. The summed E-state index contributed by atoms with van der Waals surface area (Å²) in [4.78, 5) is 14.1. The van der Waals surface area contributed by atoms with Gasteiger partial charge in [-0.25, -0.2) is 0 Å². The second-order valence-electron chi connectivity index (χ2n) is 6.22. The van der Waals surface area contributed by atoms with Crippen molar-refractivity contribution < 1.29 is 19.4 Å². The van der Waals surface area contributed by atoms with Crippen LogP contribution in [0.25, 0.3) is 0 Å². The number of methoxy groups -OCH3 is 1. The number of carboxylic acids is 1. The van der Waals surface area contributed by atoms with Gasteiger partial charge in [0.2, 0.25) is 0 Å². The van der Waals surface area contributed by atoms with Gasteiger partial charge in [-0.1, -0.05) is 0 Å². The number of nitrogens with zero attached hydrogens (tertiary/aromatic N) is 1. The molecule has 5 heteroatoms. The van der Waals surface area contributed by atoms with E-state index in [0.717, 1.165) is 52.0 Å². The number of piperidine rings is 1. The molecule has 0 bridgehead atoms. The van der Waals surface area contributed by atoms with E-state index in [1.807, 2.05) is 0 Å².